The molecule has 1 aromatic carbocycles. The average Bonchev–Trinajstić information content (AvgIpc) is 3.40. The highest BCUT2D eigenvalue weighted by molar-refractivity contribution is 7.19. The Balaban J connectivity index is 1.34. The number of fused-ring (bicyclic) bond motifs is 1. The summed E-state index contributed by atoms with van der Waals surface area (Å²) in [6, 6.07) is 8.10. The Morgan fingerprint density at radius 2 is 2.12 bits per heavy atom. The van der Waals surface area contributed by atoms with Gasteiger partial charge >= 0.3 is 0 Å². The number of nitrogens with two attached hydrogens (primary N) is 1. The van der Waals surface area contributed by atoms with Crippen molar-refractivity contribution < 1.29 is 9.53 Å². The van der Waals surface area contributed by atoms with Crippen LogP contribution in [0.3, 0.4) is 0 Å². The number of allylic oxidation sites excluding steroid dienone is 4. The Hall–Kier alpha value is -3.26. The lowest BCUT2D eigenvalue weighted by molar-refractivity contribution is 0.0748. The van der Waals surface area contributed by atoms with E-state index in [0.717, 1.165) is 58.4 Å². The lowest BCUT2D eigenvalue weighted by Crippen LogP contribution is -2.35. The summed E-state index contributed by atoms with van der Waals surface area (Å²) < 4.78 is 5.34. The third kappa shape index (κ3) is 4.75. The van der Waals surface area contributed by atoms with Crippen LogP contribution in [0.25, 0.3) is 10.4 Å². The van der Waals surface area contributed by atoms with Crippen LogP contribution in [0.4, 0.5) is 5.13 Å². The summed E-state index contributed by atoms with van der Waals surface area (Å²) in [5, 5.41) is 0.408. The molecule has 0 radical (unpaired) electrons. The van der Waals surface area contributed by atoms with Crippen LogP contribution < -0.4 is 5.73 Å². The second-order valence-corrected chi connectivity index (χ2v) is 9.73. The number of anilines is 1. The van der Waals surface area contributed by atoms with Crippen LogP contribution in [-0.4, -0.2) is 47.5 Å². The molecule has 1 fully saturated rings. The summed E-state index contributed by atoms with van der Waals surface area (Å²) in [5.41, 5.74) is 10.4. The van der Waals surface area contributed by atoms with Crippen molar-refractivity contribution in [2.45, 2.75) is 32.6 Å². The molecular weight excluding hydrogens is 434 g/mol. The van der Waals surface area contributed by atoms with Crippen LogP contribution in [0.15, 0.2) is 57.9 Å². The first-order chi connectivity index (χ1) is 16.0. The molecule has 5 rings (SSSR count). The first-order valence-corrected chi connectivity index (χ1v) is 12.0. The third-order valence-corrected chi connectivity index (χ3v) is 6.97. The lowest BCUT2D eigenvalue weighted by Gasteiger charge is -2.22. The minimum Gasteiger partial charge on any atom is -0.501 e. The van der Waals surface area contributed by atoms with Crippen LogP contribution >= 0.6 is 11.3 Å². The molecule has 1 amide bonds. The molecule has 0 atom stereocenters. The molecule has 0 spiro atoms. The topological polar surface area (TPSA) is 93.2 Å². The number of amides is 1. The SMILES string of the molecule is COC1=CC=C2N=C(CCN(CC3CC3)C(=O)c3nc(N)sc3-c3cccc(C)c3)N=C2C1. The van der Waals surface area contributed by atoms with E-state index in [1.54, 1.807) is 7.11 Å². The maximum atomic E-state index is 13.6. The number of hydrogen-bond acceptors (Lipinski definition) is 7. The molecule has 170 valence electrons. The van der Waals surface area contributed by atoms with Crippen molar-refractivity contribution in [3.05, 3.63) is 59.1 Å². The van der Waals surface area contributed by atoms with Gasteiger partial charge in [-0.15, -0.1) is 0 Å². The number of aromatic nitrogens is 1. The number of carbonyl (C=O) groups is 1. The molecular formula is C25H27N5O2S. The van der Waals surface area contributed by atoms with Gasteiger partial charge in [-0.05, 0) is 43.4 Å². The van der Waals surface area contributed by atoms with E-state index in [1.807, 2.05) is 42.2 Å². The summed E-state index contributed by atoms with van der Waals surface area (Å²) >= 11 is 1.36. The van der Waals surface area contributed by atoms with Crippen molar-refractivity contribution in [2.75, 3.05) is 25.9 Å². The molecule has 2 aliphatic carbocycles. The molecule has 0 saturated heterocycles. The minimum absolute atomic E-state index is 0.0717. The fourth-order valence-electron chi connectivity index (χ4n) is 4.09. The van der Waals surface area contributed by atoms with Crippen molar-refractivity contribution in [1.29, 1.82) is 0 Å². The molecule has 2 N–H and O–H groups in total. The van der Waals surface area contributed by atoms with Crippen molar-refractivity contribution in [2.24, 2.45) is 15.9 Å². The number of benzene rings is 1. The molecule has 1 aromatic heterocycles. The van der Waals surface area contributed by atoms with Gasteiger partial charge in [0.15, 0.2) is 5.13 Å². The fourth-order valence-corrected chi connectivity index (χ4v) is 4.91. The van der Waals surface area contributed by atoms with Crippen molar-refractivity contribution in [3.63, 3.8) is 0 Å². The predicted molar refractivity (Wildman–Crippen MR) is 133 cm³/mol. The zero-order chi connectivity index (χ0) is 22.9. The van der Waals surface area contributed by atoms with Crippen molar-refractivity contribution in [3.8, 4) is 10.4 Å². The summed E-state index contributed by atoms with van der Waals surface area (Å²) in [7, 11) is 1.67. The molecule has 2 aromatic rings. The van der Waals surface area contributed by atoms with Gasteiger partial charge in [0.2, 0.25) is 0 Å². The molecule has 1 saturated carbocycles. The minimum atomic E-state index is -0.0717. The van der Waals surface area contributed by atoms with Gasteiger partial charge in [0.05, 0.1) is 23.4 Å². The summed E-state index contributed by atoms with van der Waals surface area (Å²) in [6.07, 6.45) is 7.44. The van der Waals surface area contributed by atoms with E-state index in [1.165, 1.54) is 11.3 Å². The monoisotopic (exact) mass is 461 g/mol. The van der Waals surface area contributed by atoms with Crippen LogP contribution in [0, 0.1) is 12.8 Å². The second kappa shape index (κ2) is 8.94. The first-order valence-electron chi connectivity index (χ1n) is 11.2. The highest BCUT2D eigenvalue weighted by Crippen LogP contribution is 2.35. The lowest BCUT2D eigenvalue weighted by atomic mass is 10.1. The Morgan fingerprint density at radius 3 is 2.88 bits per heavy atom. The number of amidine groups is 1. The normalized spacial score (nSPS) is 17.0. The van der Waals surface area contributed by atoms with Crippen molar-refractivity contribution in [1.82, 2.24) is 9.88 Å². The van der Waals surface area contributed by atoms with E-state index in [2.05, 4.69) is 16.0 Å². The number of carbonyl (C=O) groups excluding carboxylic acids is 1. The van der Waals surface area contributed by atoms with Crippen molar-refractivity contribution >= 4 is 33.9 Å². The van der Waals surface area contributed by atoms with E-state index in [4.69, 9.17) is 15.5 Å². The number of nitrogen functional groups attached to an aromatic ring is 1. The number of aliphatic imine (C=N–C) groups is 2. The smallest absolute Gasteiger partial charge is 0.274 e. The molecule has 7 nitrogen and oxygen atoms in total. The Morgan fingerprint density at radius 1 is 1.27 bits per heavy atom. The van der Waals surface area contributed by atoms with Gasteiger partial charge in [-0.2, -0.15) is 0 Å². The van der Waals surface area contributed by atoms with E-state index in [0.29, 0.717) is 36.1 Å². The number of thiazole rings is 1. The van der Waals surface area contributed by atoms with Gasteiger partial charge in [0.1, 0.15) is 17.3 Å². The molecule has 2 heterocycles. The van der Waals surface area contributed by atoms with Gasteiger partial charge < -0.3 is 15.4 Å². The van der Waals surface area contributed by atoms with E-state index in [9.17, 15) is 4.79 Å². The number of nitrogens with zero attached hydrogens (tertiary/aromatic N) is 4. The molecule has 8 heteroatoms. The Labute approximate surface area is 197 Å². The number of rotatable bonds is 8. The second-order valence-electron chi connectivity index (χ2n) is 8.70. The van der Waals surface area contributed by atoms with Gasteiger partial charge in [0.25, 0.3) is 5.91 Å². The first kappa shape index (κ1) is 21.6. The maximum absolute atomic E-state index is 13.6. The Kier molecular flexibility index (Phi) is 5.85. The van der Waals surface area contributed by atoms with Gasteiger partial charge in [-0.25, -0.2) is 15.0 Å². The Bertz CT molecular complexity index is 1220. The van der Waals surface area contributed by atoms with Crippen LogP contribution in [0.5, 0.6) is 0 Å². The maximum Gasteiger partial charge on any atom is 0.274 e. The van der Waals surface area contributed by atoms with E-state index in [-0.39, 0.29) is 5.91 Å². The predicted octanol–water partition coefficient (Wildman–Crippen LogP) is 4.61. The fraction of sp³-hybridized carbons (Fsp3) is 0.360. The molecule has 1 aliphatic heterocycles. The number of hydrogen-bond donors (Lipinski definition) is 1. The van der Waals surface area contributed by atoms with Gasteiger partial charge in [-0.1, -0.05) is 41.2 Å². The number of methoxy groups -OCH3 is 1. The molecule has 3 aliphatic rings. The zero-order valence-electron chi connectivity index (χ0n) is 18.9. The molecule has 0 bridgehead atoms. The van der Waals surface area contributed by atoms with E-state index < -0.39 is 0 Å². The summed E-state index contributed by atoms with van der Waals surface area (Å²) in [4.78, 5) is 30.2. The summed E-state index contributed by atoms with van der Waals surface area (Å²) in [5.74, 6) is 2.12. The molecule has 0 unspecified atom stereocenters. The van der Waals surface area contributed by atoms with Crippen LogP contribution in [0.2, 0.25) is 0 Å². The third-order valence-electron chi connectivity index (χ3n) is 6.03. The number of aryl methyl sites for hydroxylation is 1. The zero-order valence-corrected chi connectivity index (χ0v) is 19.7. The van der Waals surface area contributed by atoms with Gasteiger partial charge in [0, 0.05) is 25.9 Å². The highest BCUT2D eigenvalue weighted by Gasteiger charge is 2.31. The van der Waals surface area contributed by atoms with Crippen LogP contribution in [-0.2, 0) is 4.74 Å². The standard InChI is InChI=1S/C25H27N5O2S/c1-15-4-3-5-17(12-15)23-22(29-25(26)33-23)24(31)30(14-16-6-7-16)11-10-21-27-19-9-8-18(32-2)13-20(19)28-21/h3-5,8-9,12,16H,6-7,10-11,13-14H2,1-2H3,(H2,26,29). The highest BCUT2D eigenvalue weighted by atomic mass is 32.1. The molecule has 33 heavy (non-hydrogen) atoms. The van der Waals surface area contributed by atoms with Gasteiger partial charge in [-0.3, -0.25) is 4.79 Å². The quantitative estimate of drug-likeness (QED) is 0.621. The number of ether oxygens (including phenoxy) is 1. The van der Waals surface area contributed by atoms with E-state index >= 15 is 0 Å². The largest absolute Gasteiger partial charge is 0.501 e. The average molecular weight is 462 g/mol. The summed E-state index contributed by atoms with van der Waals surface area (Å²) in [6.45, 7) is 3.32. The van der Waals surface area contributed by atoms with Crippen LogP contribution in [0.1, 0.15) is 41.7 Å².